The van der Waals surface area contributed by atoms with Gasteiger partial charge in [-0.25, -0.2) is 0 Å². The first-order chi connectivity index (χ1) is 17.2. The number of hydrogen-bond donors (Lipinski definition) is 2. The van der Waals surface area contributed by atoms with Crippen LogP contribution >= 0.6 is 0 Å². The number of ether oxygens (including phenoxy) is 3. The zero-order valence-corrected chi connectivity index (χ0v) is 20.6. The Balaban J connectivity index is 1.35. The minimum absolute atomic E-state index is 0.110. The number of carbonyl (C=O) groups excluding carboxylic acids is 1. The van der Waals surface area contributed by atoms with Gasteiger partial charge in [-0.15, -0.1) is 0 Å². The second-order valence-corrected chi connectivity index (χ2v) is 9.40. The first kappa shape index (κ1) is 26.1. The van der Waals surface area contributed by atoms with Crippen molar-refractivity contribution in [3.8, 4) is 11.5 Å². The summed E-state index contributed by atoms with van der Waals surface area (Å²) in [4.78, 5) is 17.0. The molecule has 2 unspecified atom stereocenters. The number of anilines is 2. The molecule has 2 atom stereocenters. The Hall–Kier alpha value is -2.95. The summed E-state index contributed by atoms with van der Waals surface area (Å²) < 4.78 is 42.2. The Morgan fingerprint density at radius 1 is 1.19 bits per heavy atom. The van der Waals surface area contributed by atoms with E-state index >= 15 is 0 Å². The Kier molecular flexibility index (Phi) is 7.97. The van der Waals surface area contributed by atoms with Crippen LogP contribution in [-0.4, -0.2) is 80.2 Å². The molecule has 2 aromatic carbocycles. The third-order valence-corrected chi connectivity index (χ3v) is 6.59. The lowest BCUT2D eigenvalue weighted by Crippen LogP contribution is -2.57. The molecule has 2 N–H and O–H groups in total. The number of halogens is 2. The third-order valence-electron chi connectivity index (χ3n) is 6.59. The summed E-state index contributed by atoms with van der Waals surface area (Å²) in [6, 6.07) is 13.4. The summed E-state index contributed by atoms with van der Waals surface area (Å²) in [5, 5.41) is 13.0. The van der Waals surface area contributed by atoms with E-state index in [1.807, 2.05) is 0 Å². The lowest BCUT2D eigenvalue weighted by Gasteiger charge is -2.43. The van der Waals surface area contributed by atoms with Crippen LogP contribution in [-0.2, 0) is 9.53 Å². The predicted molar refractivity (Wildman–Crippen MR) is 132 cm³/mol. The highest BCUT2D eigenvalue weighted by Gasteiger charge is 2.44. The number of alkyl halides is 2. The lowest BCUT2D eigenvalue weighted by molar-refractivity contribution is -0.158. The molecule has 0 bridgehead atoms. The molecule has 2 aromatic rings. The average Bonchev–Trinajstić information content (AvgIpc) is 3.25. The van der Waals surface area contributed by atoms with Gasteiger partial charge in [-0.2, -0.15) is 8.78 Å². The van der Waals surface area contributed by atoms with E-state index in [1.165, 1.54) is 12.1 Å². The van der Waals surface area contributed by atoms with Gasteiger partial charge in [0, 0.05) is 63.0 Å². The maximum Gasteiger partial charge on any atom is 0.394 e. The molecule has 36 heavy (non-hydrogen) atoms. The van der Waals surface area contributed by atoms with Crippen molar-refractivity contribution in [1.29, 1.82) is 0 Å². The number of carbonyl (C=O) groups is 1. The highest BCUT2D eigenvalue weighted by molar-refractivity contribution is 5.91. The number of benzene rings is 2. The first-order valence-electron chi connectivity index (χ1n) is 12.0. The summed E-state index contributed by atoms with van der Waals surface area (Å²) >= 11 is 0. The third kappa shape index (κ3) is 6.63. The number of aliphatic hydroxyl groups excluding tert-OH is 1. The van der Waals surface area contributed by atoms with Crippen LogP contribution in [0.4, 0.5) is 20.2 Å². The standard InChI is InChI=1S/C26H33F2N3O5/c1-25(27,28)36-22-8-6-20(7-9-22)30-11-10-26(17-30)18-31(12-13-35-26)21(16-32)15-24(33)29-19-4-3-5-23(14-19)34-2/h3-9,14,21,32H,10-13,15-18H2,1-2H3,(H,29,33). The molecular formula is C26H33F2N3O5. The number of amides is 1. The molecule has 4 rings (SSSR count). The molecule has 0 aromatic heterocycles. The summed E-state index contributed by atoms with van der Waals surface area (Å²) in [6.45, 7) is 3.65. The van der Waals surface area contributed by atoms with E-state index in [9.17, 15) is 18.7 Å². The van der Waals surface area contributed by atoms with Crippen LogP contribution in [0, 0.1) is 0 Å². The van der Waals surface area contributed by atoms with E-state index in [2.05, 4.69) is 19.9 Å². The molecule has 1 amide bonds. The molecule has 2 heterocycles. The normalized spacial score (nSPS) is 21.4. The van der Waals surface area contributed by atoms with Crippen LogP contribution in [0.25, 0.3) is 0 Å². The molecule has 10 heteroatoms. The molecule has 0 radical (unpaired) electrons. The number of morpholine rings is 1. The average molecular weight is 506 g/mol. The van der Waals surface area contributed by atoms with Crippen molar-refractivity contribution in [2.45, 2.75) is 37.5 Å². The molecule has 2 aliphatic heterocycles. The van der Waals surface area contributed by atoms with E-state index in [4.69, 9.17) is 9.47 Å². The minimum Gasteiger partial charge on any atom is -0.497 e. The Morgan fingerprint density at radius 2 is 1.97 bits per heavy atom. The predicted octanol–water partition coefficient (Wildman–Crippen LogP) is 3.36. The fourth-order valence-corrected chi connectivity index (χ4v) is 4.87. The molecule has 2 saturated heterocycles. The zero-order chi connectivity index (χ0) is 25.8. The molecule has 0 aliphatic carbocycles. The number of hydrogen-bond acceptors (Lipinski definition) is 7. The van der Waals surface area contributed by atoms with Crippen LogP contribution in [0.5, 0.6) is 11.5 Å². The van der Waals surface area contributed by atoms with Crippen molar-refractivity contribution >= 4 is 17.3 Å². The molecule has 1 spiro atoms. The Labute approximate surface area is 209 Å². The van der Waals surface area contributed by atoms with Crippen molar-refractivity contribution in [3.63, 3.8) is 0 Å². The van der Waals surface area contributed by atoms with Crippen molar-refractivity contribution in [2.75, 3.05) is 56.7 Å². The highest BCUT2D eigenvalue weighted by atomic mass is 19.3. The van der Waals surface area contributed by atoms with E-state index in [1.54, 1.807) is 43.5 Å². The van der Waals surface area contributed by atoms with Crippen molar-refractivity contribution in [3.05, 3.63) is 48.5 Å². The molecule has 196 valence electrons. The van der Waals surface area contributed by atoms with Crippen LogP contribution in [0.3, 0.4) is 0 Å². The maximum absolute atomic E-state index is 13.1. The number of methoxy groups -OCH3 is 1. The van der Waals surface area contributed by atoms with E-state index in [-0.39, 0.29) is 30.7 Å². The van der Waals surface area contributed by atoms with Gasteiger partial charge in [-0.1, -0.05) is 6.07 Å². The van der Waals surface area contributed by atoms with Crippen LogP contribution in [0.2, 0.25) is 0 Å². The fraction of sp³-hybridized carbons (Fsp3) is 0.500. The van der Waals surface area contributed by atoms with Gasteiger partial charge >= 0.3 is 6.11 Å². The van der Waals surface area contributed by atoms with Crippen molar-refractivity contribution in [2.24, 2.45) is 0 Å². The molecule has 0 saturated carbocycles. The van der Waals surface area contributed by atoms with E-state index in [0.29, 0.717) is 44.6 Å². The van der Waals surface area contributed by atoms with Crippen LogP contribution in [0.15, 0.2) is 48.5 Å². The van der Waals surface area contributed by atoms with Gasteiger partial charge in [0.1, 0.15) is 11.5 Å². The summed E-state index contributed by atoms with van der Waals surface area (Å²) in [7, 11) is 1.57. The maximum atomic E-state index is 13.1. The zero-order valence-electron chi connectivity index (χ0n) is 20.6. The number of rotatable bonds is 9. The molecule has 2 aliphatic rings. The van der Waals surface area contributed by atoms with Gasteiger partial charge in [0.05, 0.1) is 25.9 Å². The van der Waals surface area contributed by atoms with Crippen LogP contribution < -0.4 is 19.7 Å². The monoisotopic (exact) mass is 505 g/mol. The summed E-state index contributed by atoms with van der Waals surface area (Å²) in [5.41, 5.74) is 1.11. The van der Waals surface area contributed by atoms with Gasteiger partial charge in [0.2, 0.25) is 5.91 Å². The number of aliphatic hydroxyl groups is 1. The van der Waals surface area contributed by atoms with Gasteiger partial charge in [-0.05, 0) is 42.8 Å². The Bertz CT molecular complexity index is 1030. The van der Waals surface area contributed by atoms with Gasteiger partial charge < -0.3 is 29.5 Å². The van der Waals surface area contributed by atoms with E-state index in [0.717, 1.165) is 18.7 Å². The topological polar surface area (TPSA) is 83.5 Å². The Morgan fingerprint density at radius 3 is 2.67 bits per heavy atom. The first-order valence-corrected chi connectivity index (χ1v) is 12.0. The largest absolute Gasteiger partial charge is 0.497 e. The second kappa shape index (κ2) is 11.0. The van der Waals surface area contributed by atoms with Gasteiger partial charge in [0.25, 0.3) is 0 Å². The smallest absolute Gasteiger partial charge is 0.394 e. The molecular weight excluding hydrogens is 472 g/mol. The molecule has 2 fully saturated rings. The van der Waals surface area contributed by atoms with Crippen molar-refractivity contribution < 1.29 is 32.9 Å². The lowest BCUT2D eigenvalue weighted by atomic mass is 9.98. The molecule has 8 nitrogen and oxygen atoms in total. The van der Waals surface area contributed by atoms with Gasteiger partial charge in [-0.3, -0.25) is 9.69 Å². The van der Waals surface area contributed by atoms with E-state index < -0.39 is 11.7 Å². The van der Waals surface area contributed by atoms with Gasteiger partial charge in [0.15, 0.2) is 0 Å². The second-order valence-electron chi connectivity index (χ2n) is 9.40. The minimum atomic E-state index is -3.23. The SMILES string of the molecule is COc1cccc(NC(=O)CC(CO)N2CCOC3(CCN(c4ccc(OC(C)(F)F)cc4)C3)C2)c1. The summed E-state index contributed by atoms with van der Waals surface area (Å²) in [6.07, 6.45) is -2.30. The highest BCUT2D eigenvalue weighted by Crippen LogP contribution is 2.34. The fourth-order valence-electron chi connectivity index (χ4n) is 4.87. The number of nitrogens with one attached hydrogen (secondary N) is 1. The summed E-state index contributed by atoms with van der Waals surface area (Å²) in [5.74, 6) is 0.576. The quantitative estimate of drug-likeness (QED) is 0.541. The van der Waals surface area contributed by atoms with Crippen LogP contribution in [0.1, 0.15) is 19.8 Å². The van der Waals surface area contributed by atoms with Crippen molar-refractivity contribution in [1.82, 2.24) is 4.90 Å². The number of nitrogens with zero attached hydrogens (tertiary/aromatic N) is 2.